The van der Waals surface area contributed by atoms with E-state index in [9.17, 15) is 4.39 Å². The van der Waals surface area contributed by atoms with Crippen molar-refractivity contribution in [1.82, 2.24) is 0 Å². The lowest BCUT2D eigenvalue weighted by atomic mass is 10.2. The van der Waals surface area contributed by atoms with Gasteiger partial charge in [-0.2, -0.15) is 0 Å². The minimum atomic E-state index is -0.522. The van der Waals surface area contributed by atoms with E-state index in [0.717, 1.165) is 0 Å². The van der Waals surface area contributed by atoms with Crippen LogP contribution in [-0.2, 0) is 9.47 Å². The van der Waals surface area contributed by atoms with Gasteiger partial charge in [0.25, 0.3) is 0 Å². The molecule has 0 aromatic carbocycles. The molecular formula is C8H9FO2. The molecule has 0 unspecified atom stereocenters. The van der Waals surface area contributed by atoms with Crippen molar-refractivity contribution in [2.45, 2.75) is 6.92 Å². The molecule has 1 saturated heterocycles. The lowest BCUT2D eigenvalue weighted by molar-refractivity contribution is 0.0973. The maximum atomic E-state index is 12.5. The molecule has 0 aromatic rings. The smallest absolute Gasteiger partial charge is 0.231 e. The molecular weight excluding hydrogens is 147 g/mol. The first-order valence-electron chi connectivity index (χ1n) is 3.13. The van der Waals surface area contributed by atoms with Gasteiger partial charge >= 0.3 is 0 Å². The van der Waals surface area contributed by atoms with Crippen LogP contribution < -0.4 is 0 Å². The van der Waals surface area contributed by atoms with Crippen LogP contribution in [0.15, 0.2) is 36.1 Å². The topological polar surface area (TPSA) is 18.5 Å². The van der Waals surface area contributed by atoms with E-state index in [4.69, 9.17) is 9.47 Å². The van der Waals surface area contributed by atoms with Crippen molar-refractivity contribution in [2.24, 2.45) is 0 Å². The fourth-order valence-electron chi connectivity index (χ4n) is 0.746. The molecule has 0 N–H and O–H groups in total. The fraction of sp³-hybridized carbons (Fsp3) is 0.250. The Bertz CT molecular complexity index is 240. The number of hydrogen-bond donors (Lipinski definition) is 0. The van der Waals surface area contributed by atoms with Crippen molar-refractivity contribution < 1.29 is 13.9 Å². The quantitative estimate of drug-likeness (QED) is 0.579. The SMILES string of the molecule is C=C(F)/C(C)=C1/OCOC1=C. The monoisotopic (exact) mass is 156 g/mol. The third kappa shape index (κ3) is 1.42. The van der Waals surface area contributed by atoms with Gasteiger partial charge in [0, 0.05) is 5.57 Å². The van der Waals surface area contributed by atoms with Gasteiger partial charge in [-0.1, -0.05) is 13.2 Å². The Morgan fingerprint density at radius 2 is 2.18 bits per heavy atom. The van der Waals surface area contributed by atoms with Crippen molar-refractivity contribution in [3.63, 3.8) is 0 Å². The lowest BCUT2D eigenvalue weighted by Crippen LogP contribution is -1.87. The van der Waals surface area contributed by atoms with E-state index in [-0.39, 0.29) is 6.79 Å². The van der Waals surface area contributed by atoms with Crippen molar-refractivity contribution in [2.75, 3.05) is 6.79 Å². The second-order valence-electron chi connectivity index (χ2n) is 2.19. The van der Waals surface area contributed by atoms with E-state index < -0.39 is 5.83 Å². The third-order valence-corrected chi connectivity index (χ3v) is 1.44. The summed E-state index contributed by atoms with van der Waals surface area (Å²) in [6.45, 7) is 8.34. The molecule has 0 aliphatic carbocycles. The number of rotatable bonds is 1. The van der Waals surface area contributed by atoms with Crippen LogP contribution in [0.1, 0.15) is 6.92 Å². The van der Waals surface area contributed by atoms with Gasteiger partial charge in [-0.25, -0.2) is 4.39 Å². The number of halogens is 1. The summed E-state index contributed by atoms with van der Waals surface area (Å²) in [6, 6.07) is 0. The third-order valence-electron chi connectivity index (χ3n) is 1.44. The zero-order valence-electron chi connectivity index (χ0n) is 6.32. The summed E-state index contributed by atoms with van der Waals surface area (Å²) in [5.74, 6) is 0.199. The van der Waals surface area contributed by atoms with Gasteiger partial charge in [0.2, 0.25) is 6.79 Å². The number of ether oxygens (including phenoxy) is 2. The molecule has 0 spiro atoms. The Kier molecular flexibility index (Phi) is 1.98. The van der Waals surface area contributed by atoms with E-state index in [1.165, 1.54) is 0 Å². The average Bonchev–Trinajstić information content (AvgIpc) is 2.33. The summed E-state index contributed by atoms with van der Waals surface area (Å²) in [7, 11) is 0. The van der Waals surface area contributed by atoms with Gasteiger partial charge in [0.15, 0.2) is 11.5 Å². The van der Waals surface area contributed by atoms with Crippen molar-refractivity contribution in [1.29, 1.82) is 0 Å². The summed E-state index contributed by atoms with van der Waals surface area (Å²) in [4.78, 5) is 0. The van der Waals surface area contributed by atoms with E-state index in [0.29, 0.717) is 17.1 Å². The molecule has 1 fully saturated rings. The van der Waals surface area contributed by atoms with Crippen LogP contribution >= 0.6 is 0 Å². The first-order valence-corrected chi connectivity index (χ1v) is 3.13. The standard InChI is InChI=1S/C8H9FO2/c1-5(6(2)9)8-7(3)10-4-11-8/h2-4H2,1H3/b8-5+. The van der Waals surface area contributed by atoms with Gasteiger partial charge in [0.05, 0.1) is 0 Å². The van der Waals surface area contributed by atoms with Gasteiger partial charge < -0.3 is 9.47 Å². The van der Waals surface area contributed by atoms with Crippen LogP contribution in [0.25, 0.3) is 0 Å². The number of allylic oxidation sites excluding steroid dienone is 2. The molecule has 1 heterocycles. The molecule has 3 heteroatoms. The molecule has 0 amide bonds. The van der Waals surface area contributed by atoms with Crippen LogP contribution in [0.5, 0.6) is 0 Å². The molecule has 0 aromatic heterocycles. The summed E-state index contributed by atoms with van der Waals surface area (Å²) in [5, 5.41) is 0. The first-order chi connectivity index (χ1) is 5.13. The molecule has 0 radical (unpaired) electrons. The van der Waals surface area contributed by atoms with Crippen LogP contribution in [0.3, 0.4) is 0 Å². The van der Waals surface area contributed by atoms with Crippen LogP contribution in [0.4, 0.5) is 4.39 Å². The Morgan fingerprint density at radius 1 is 1.55 bits per heavy atom. The van der Waals surface area contributed by atoms with Crippen LogP contribution in [0.2, 0.25) is 0 Å². The Balaban J connectivity index is 2.94. The van der Waals surface area contributed by atoms with Gasteiger partial charge in [0.1, 0.15) is 5.83 Å². The molecule has 1 rings (SSSR count). The summed E-state index contributed by atoms with van der Waals surface area (Å²) in [6.07, 6.45) is 0. The highest BCUT2D eigenvalue weighted by Gasteiger charge is 2.18. The van der Waals surface area contributed by atoms with E-state index in [1.807, 2.05) is 0 Å². The Hall–Kier alpha value is -1.25. The molecule has 0 saturated carbocycles. The van der Waals surface area contributed by atoms with Gasteiger partial charge in [-0.05, 0) is 6.92 Å². The van der Waals surface area contributed by atoms with E-state index in [2.05, 4.69) is 13.2 Å². The predicted octanol–water partition coefficient (Wildman–Crippen LogP) is 2.26. The summed E-state index contributed by atoms with van der Waals surface area (Å²) >= 11 is 0. The fourth-order valence-corrected chi connectivity index (χ4v) is 0.746. The maximum absolute atomic E-state index is 12.5. The van der Waals surface area contributed by atoms with E-state index in [1.54, 1.807) is 6.92 Å². The van der Waals surface area contributed by atoms with Gasteiger partial charge in [-0.3, -0.25) is 0 Å². The zero-order valence-corrected chi connectivity index (χ0v) is 6.32. The molecule has 60 valence electrons. The minimum Gasteiger partial charge on any atom is -0.454 e. The zero-order chi connectivity index (χ0) is 8.43. The maximum Gasteiger partial charge on any atom is 0.231 e. The highest BCUT2D eigenvalue weighted by atomic mass is 19.1. The van der Waals surface area contributed by atoms with Crippen LogP contribution in [0, 0.1) is 0 Å². The van der Waals surface area contributed by atoms with Crippen LogP contribution in [-0.4, -0.2) is 6.79 Å². The number of hydrogen-bond acceptors (Lipinski definition) is 2. The summed E-state index contributed by atoms with van der Waals surface area (Å²) < 4.78 is 22.3. The molecule has 11 heavy (non-hydrogen) atoms. The highest BCUT2D eigenvalue weighted by Crippen LogP contribution is 2.25. The molecule has 1 aliphatic rings. The highest BCUT2D eigenvalue weighted by molar-refractivity contribution is 5.33. The molecule has 1 aliphatic heterocycles. The molecule has 0 atom stereocenters. The minimum absolute atomic E-state index is 0.110. The molecule has 0 bridgehead atoms. The van der Waals surface area contributed by atoms with E-state index >= 15 is 0 Å². The average molecular weight is 156 g/mol. The van der Waals surface area contributed by atoms with Crippen molar-refractivity contribution in [3.8, 4) is 0 Å². The lowest BCUT2D eigenvalue weighted by Gasteiger charge is -1.99. The predicted molar refractivity (Wildman–Crippen MR) is 39.1 cm³/mol. The largest absolute Gasteiger partial charge is 0.454 e. The van der Waals surface area contributed by atoms with Crippen molar-refractivity contribution in [3.05, 3.63) is 36.1 Å². The second kappa shape index (κ2) is 2.78. The Labute approximate surface area is 64.6 Å². The molecule has 2 nitrogen and oxygen atoms in total. The second-order valence-corrected chi connectivity index (χ2v) is 2.19. The summed E-state index contributed by atoms with van der Waals surface area (Å²) in [5.41, 5.74) is 0.340. The first kappa shape index (κ1) is 7.85. The normalized spacial score (nSPS) is 20.7. The Morgan fingerprint density at radius 3 is 2.55 bits per heavy atom. The van der Waals surface area contributed by atoms with Gasteiger partial charge in [-0.15, -0.1) is 0 Å². The van der Waals surface area contributed by atoms with Crippen molar-refractivity contribution >= 4 is 0 Å².